The van der Waals surface area contributed by atoms with Gasteiger partial charge in [0.1, 0.15) is 5.56 Å². The number of hydrogen-bond donors (Lipinski definition) is 2. The third-order valence-electron chi connectivity index (χ3n) is 6.82. The summed E-state index contributed by atoms with van der Waals surface area (Å²) in [5, 5.41) is 8.57. The van der Waals surface area contributed by atoms with Crippen molar-refractivity contribution >= 4 is 40.3 Å². The summed E-state index contributed by atoms with van der Waals surface area (Å²) >= 11 is 0. The number of fused-ring (bicyclic) bond motifs is 2. The van der Waals surface area contributed by atoms with Gasteiger partial charge in [0, 0.05) is 23.8 Å². The van der Waals surface area contributed by atoms with Crippen LogP contribution in [0.2, 0.25) is 0 Å². The van der Waals surface area contributed by atoms with Crippen LogP contribution in [0, 0.1) is 0 Å². The summed E-state index contributed by atoms with van der Waals surface area (Å²) in [5.74, 6) is -0.345. The molecule has 0 fully saturated rings. The van der Waals surface area contributed by atoms with Crippen LogP contribution in [-0.2, 0) is 0 Å². The van der Waals surface area contributed by atoms with Crippen molar-refractivity contribution in [3.63, 3.8) is 0 Å². The summed E-state index contributed by atoms with van der Waals surface area (Å²) in [7, 11) is 0. The smallest absolute Gasteiger partial charge is 0.263 e. The summed E-state index contributed by atoms with van der Waals surface area (Å²) in [6.07, 6.45) is 7.21. The van der Waals surface area contributed by atoms with Crippen LogP contribution >= 0.6 is 0 Å². The van der Waals surface area contributed by atoms with Gasteiger partial charge in [0.05, 0.1) is 11.4 Å². The van der Waals surface area contributed by atoms with Crippen LogP contribution < -0.4 is 16.6 Å². The van der Waals surface area contributed by atoms with Gasteiger partial charge in [-0.15, -0.1) is 5.10 Å². The highest BCUT2D eigenvalue weighted by Crippen LogP contribution is 2.25. The fourth-order valence-electron chi connectivity index (χ4n) is 4.92. The van der Waals surface area contributed by atoms with Gasteiger partial charge in [0.25, 0.3) is 11.5 Å². The summed E-state index contributed by atoms with van der Waals surface area (Å²) in [6, 6.07) is 28.2. The third-order valence-corrected chi connectivity index (χ3v) is 6.82. The molecule has 0 saturated heterocycles. The molecule has 0 spiro atoms. The molecule has 6 rings (SSSR count). The summed E-state index contributed by atoms with van der Waals surface area (Å²) in [5.41, 5.74) is 9.63. The third kappa shape index (κ3) is 4.52. The van der Waals surface area contributed by atoms with E-state index in [0.717, 1.165) is 16.5 Å². The molecule has 0 radical (unpaired) electrons. The molecule has 0 unspecified atom stereocenters. The Kier molecular flexibility index (Phi) is 6.41. The summed E-state index contributed by atoms with van der Waals surface area (Å²) in [6.45, 7) is 1.84. The number of carbonyl (C=O) groups is 1. The number of amides is 1. The molecule has 3 aromatic heterocycles. The second kappa shape index (κ2) is 10.3. The van der Waals surface area contributed by atoms with Crippen LogP contribution in [0.3, 0.4) is 0 Å². The Morgan fingerprint density at radius 1 is 0.950 bits per heavy atom. The van der Waals surface area contributed by atoms with E-state index in [0.29, 0.717) is 22.4 Å². The molecule has 0 aliphatic carbocycles. The quantitative estimate of drug-likeness (QED) is 0.287. The molecule has 0 aliphatic rings. The minimum absolute atomic E-state index is 0.0807. The van der Waals surface area contributed by atoms with E-state index in [1.54, 1.807) is 23.0 Å². The van der Waals surface area contributed by atoms with E-state index < -0.39 is 11.9 Å². The van der Waals surface area contributed by atoms with Crippen LogP contribution in [0.1, 0.15) is 40.1 Å². The SMILES string of the molecule is C[C@@H](NC(=O)c1c(N)nn2cccnc12)c1cc2cccc(/C=C/c3ccccc3)c2c(=O)n1-c1ccccc1. The lowest BCUT2D eigenvalue weighted by Gasteiger charge is -2.21. The number of nitrogens with one attached hydrogen (secondary N) is 1. The number of aromatic nitrogens is 4. The van der Waals surface area contributed by atoms with Crippen molar-refractivity contribution in [2.75, 3.05) is 5.73 Å². The normalized spacial score (nSPS) is 12.2. The van der Waals surface area contributed by atoms with Crippen LogP contribution in [-0.4, -0.2) is 25.1 Å². The highest BCUT2D eigenvalue weighted by molar-refractivity contribution is 6.04. The van der Waals surface area contributed by atoms with E-state index in [-0.39, 0.29) is 16.9 Å². The van der Waals surface area contributed by atoms with Gasteiger partial charge < -0.3 is 11.1 Å². The van der Waals surface area contributed by atoms with E-state index in [9.17, 15) is 9.59 Å². The van der Waals surface area contributed by atoms with E-state index in [4.69, 9.17) is 5.73 Å². The number of benzene rings is 3. The van der Waals surface area contributed by atoms with Crippen molar-refractivity contribution in [3.05, 3.63) is 136 Å². The highest BCUT2D eigenvalue weighted by Gasteiger charge is 2.23. The van der Waals surface area contributed by atoms with E-state index in [1.807, 2.05) is 104 Å². The molecule has 0 saturated carbocycles. The van der Waals surface area contributed by atoms with E-state index in [1.165, 1.54) is 4.52 Å². The molecule has 40 heavy (non-hydrogen) atoms. The highest BCUT2D eigenvalue weighted by atomic mass is 16.2. The first-order valence-electron chi connectivity index (χ1n) is 12.9. The zero-order chi connectivity index (χ0) is 27.6. The Morgan fingerprint density at radius 3 is 2.48 bits per heavy atom. The summed E-state index contributed by atoms with van der Waals surface area (Å²) in [4.78, 5) is 31.9. The zero-order valence-corrected chi connectivity index (χ0v) is 21.7. The van der Waals surface area contributed by atoms with Crippen molar-refractivity contribution in [1.82, 2.24) is 24.5 Å². The molecule has 3 aromatic carbocycles. The molecular formula is C32H26N6O2. The Bertz CT molecular complexity index is 1940. The maximum Gasteiger partial charge on any atom is 0.263 e. The van der Waals surface area contributed by atoms with Crippen LogP contribution in [0.25, 0.3) is 34.3 Å². The van der Waals surface area contributed by atoms with Gasteiger partial charge in [0.2, 0.25) is 0 Å². The molecule has 196 valence electrons. The fraction of sp³-hybridized carbons (Fsp3) is 0.0625. The van der Waals surface area contributed by atoms with Crippen molar-refractivity contribution in [1.29, 1.82) is 0 Å². The van der Waals surface area contributed by atoms with Gasteiger partial charge in [-0.2, -0.15) is 0 Å². The maximum absolute atomic E-state index is 14.2. The van der Waals surface area contributed by atoms with Crippen molar-refractivity contribution in [3.8, 4) is 5.69 Å². The van der Waals surface area contributed by atoms with Crippen LogP contribution in [0.15, 0.2) is 108 Å². The molecule has 1 amide bonds. The predicted molar refractivity (Wildman–Crippen MR) is 158 cm³/mol. The molecule has 3 heterocycles. The first-order valence-corrected chi connectivity index (χ1v) is 12.9. The number of anilines is 1. The number of hydrogen-bond acceptors (Lipinski definition) is 5. The number of nitrogens with zero attached hydrogens (tertiary/aromatic N) is 4. The molecule has 0 aliphatic heterocycles. The van der Waals surface area contributed by atoms with Crippen molar-refractivity contribution in [2.45, 2.75) is 13.0 Å². The number of rotatable bonds is 6. The molecule has 8 nitrogen and oxygen atoms in total. The largest absolute Gasteiger partial charge is 0.381 e. The zero-order valence-electron chi connectivity index (χ0n) is 21.7. The molecule has 0 bridgehead atoms. The van der Waals surface area contributed by atoms with Crippen molar-refractivity contribution in [2.24, 2.45) is 0 Å². The van der Waals surface area contributed by atoms with E-state index >= 15 is 0 Å². The molecule has 6 aromatic rings. The monoisotopic (exact) mass is 526 g/mol. The topological polar surface area (TPSA) is 107 Å². The minimum Gasteiger partial charge on any atom is -0.381 e. The molecule has 3 N–H and O–H groups in total. The van der Waals surface area contributed by atoms with Gasteiger partial charge in [-0.3, -0.25) is 14.2 Å². The van der Waals surface area contributed by atoms with Gasteiger partial charge in [0.15, 0.2) is 11.5 Å². The lowest BCUT2D eigenvalue weighted by atomic mass is 10.0. The van der Waals surface area contributed by atoms with Gasteiger partial charge >= 0.3 is 0 Å². The second-order valence-corrected chi connectivity index (χ2v) is 9.44. The molecular weight excluding hydrogens is 500 g/mol. The number of para-hydroxylation sites is 1. The average molecular weight is 527 g/mol. The molecule has 8 heteroatoms. The predicted octanol–water partition coefficient (Wildman–Crippen LogP) is 5.28. The first kappa shape index (κ1) is 24.8. The summed E-state index contributed by atoms with van der Waals surface area (Å²) < 4.78 is 3.13. The Hall–Kier alpha value is -5.50. The van der Waals surface area contributed by atoms with Gasteiger partial charge in [-0.1, -0.05) is 78.9 Å². The Morgan fingerprint density at radius 2 is 1.70 bits per heavy atom. The maximum atomic E-state index is 14.2. The molecule has 1 atom stereocenters. The van der Waals surface area contributed by atoms with Crippen LogP contribution in [0.5, 0.6) is 0 Å². The number of carbonyl (C=O) groups excluding carboxylic acids is 1. The Balaban J connectivity index is 1.47. The minimum atomic E-state index is -0.550. The lowest BCUT2D eigenvalue weighted by Crippen LogP contribution is -2.32. The second-order valence-electron chi connectivity index (χ2n) is 9.44. The van der Waals surface area contributed by atoms with Gasteiger partial charge in [-0.05, 0) is 47.7 Å². The van der Waals surface area contributed by atoms with Crippen LogP contribution in [0.4, 0.5) is 5.82 Å². The van der Waals surface area contributed by atoms with Crippen molar-refractivity contribution < 1.29 is 4.79 Å². The number of nitrogens with two attached hydrogens (primary N) is 1. The average Bonchev–Trinajstić information content (AvgIpc) is 3.32. The fourth-order valence-corrected chi connectivity index (χ4v) is 4.92. The number of nitrogen functional groups attached to an aromatic ring is 1. The lowest BCUT2D eigenvalue weighted by molar-refractivity contribution is 0.0941. The van der Waals surface area contributed by atoms with E-state index in [2.05, 4.69) is 15.4 Å². The Labute approximate surface area is 230 Å². The standard InChI is InChI=1S/C32H26N6O2/c1-21(35-31(39)28-29(33)36-37-19-9-18-34-30(28)37)26-20-24-13-8-12-23(17-16-22-10-4-2-5-11-22)27(24)32(40)38(26)25-14-6-3-7-15-25/h2-21H,1H3,(H2,33,36)(H,35,39)/b17-16+/t21-/m1/s1. The number of pyridine rings is 1. The van der Waals surface area contributed by atoms with Gasteiger partial charge in [-0.25, -0.2) is 9.50 Å². The first-order chi connectivity index (χ1) is 19.5.